The van der Waals surface area contributed by atoms with Gasteiger partial charge in [0, 0.05) is 11.3 Å². The average Bonchev–Trinajstić information content (AvgIpc) is 2.09. The van der Waals surface area contributed by atoms with Gasteiger partial charge in [-0.2, -0.15) is 0 Å². The van der Waals surface area contributed by atoms with Crippen LogP contribution in [0.15, 0.2) is 24.3 Å². The van der Waals surface area contributed by atoms with Crippen molar-refractivity contribution in [1.82, 2.24) is 0 Å². The van der Waals surface area contributed by atoms with Crippen LogP contribution in [-0.4, -0.2) is 5.75 Å². The molecule has 0 N–H and O–H groups in total. The van der Waals surface area contributed by atoms with E-state index in [0.29, 0.717) is 0 Å². The van der Waals surface area contributed by atoms with Gasteiger partial charge in [0.2, 0.25) is 0 Å². The standard InChI is InChI=1S/C11H12S/c1-3-12-9-8-11-6-4-10(2)5-7-11/h4-7H,3H2,1-2H3. The highest BCUT2D eigenvalue weighted by Crippen LogP contribution is 2.02. The Hall–Kier alpha value is -0.870. The maximum Gasteiger partial charge on any atom is 0.0254 e. The van der Waals surface area contributed by atoms with Crippen molar-refractivity contribution in [2.24, 2.45) is 0 Å². The van der Waals surface area contributed by atoms with E-state index in [4.69, 9.17) is 0 Å². The second-order valence-corrected chi connectivity index (χ2v) is 3.60. The van der Waals surface area contributed by atoms with E-state index in [-0.39, 0.29) is 0 Å². The highest BCUT2D eigenvalue weighted by Gasteiger charge is 1.84. The molecule has 0 radical (unpaired) electrons. The Morgan fingerprint density at radius 2 is 1.92 bits per heavy atom. The summed E-state index contributed by atoms with van der Waals surface area (Å²) in [6.45, 7) is 4.19. The molecule has 1 rings (SSSR count). The minimum Gasteiger partial charge on any atom is -0.0750 e. The van der Waals surface area contributed by atoms with Crippen LogP contribution in [0.3, 0.4) is 0 Å². The maximum atomic E-state index is 3.09. The molecule has 1 aromatic carbocycles. The molecule has 0 aliphatic carbocycles. The molecular formula is C11H12S. The fourth-order valence-electron chi connectivity index (χ4n) is 0.804. The first-order valence-electron chi connectivity index (χ1n) is 4.02. The first-order valence-corrected chi connectivity index (χ1v) is 5.01. The van der Waals surface area contributed by atoms with Crippen LogP contribution < -0.4 is 0 Å². The predicted molar refractivity (Wildman–Crippen MR) is 56.2 cm³/mol. The van der Waals surface area contributed by atoms with E-state index in [0.717, 1.165) is 11.3 Å². The second-order valence-electron chi connectivity index (χ2n) is 2.53. The third-order valence-corrected chi connectivity index (χ3v) is 2.00. The van der Waals surface area contributed by atoms with E-state index in [1.807, 2.05) is 0 Å². The number of rotatable bonds is 1. The molecular weight excluding hydrogens is 164 g/mol. The van der Waals surface area contributed by atoms with Gasteiger partial charge in [0.25, 0.3) is 0 Å². The van der Waals surface area contributed by atoms with Crippen molar-refractivity contribution in [3.8, 4) is 11.2 Å². The molecule has 0 aliphatic heterocycles. The summed E-state index contributed by atoms with van der Waals surface area (Å²) in [6, 6.07) is 8.28. The smallest absolute Gasteiger partial charge is 0.0254 e. The number of hydrogen-bond acceptors (Lipinski definition) is 1. The summed E-state index contributed by atoms with van der Waals surface area (Å²) in [5.74, 6) is 4.14. The van der Waals surface area contributed by atoms with E-state index >= 15 is 0 Å². The summed E-state index contributed by atoms with van der Waals surface area (Å²) >= 11 is 1.65. The van der Waals surface area contributed by atoms with Crippen LogP contribution >= 0.6 is 11.8 Å². The summed E-state index contributed by atoms with van der Waals surface area (Å²) in [5.41, 5.74) is 2.38. The molecule has 0 saturated heterocycles. The summed E-state index contributed by atoms with van der Waals surface area (Å²) in [5, 5.41) is 3.04. The van der Waals surface area contributed by atoms with E-state index in [9.17, 15) is 0 Å². The number of aryl methyl sites for hydroxylation is 1. The third kappa shape index (κ3) is 3.02. The van der Waals surface area contributed by atoms with Crippen molar-refractivity contribution in [1.29, 1.82) is 0 Å². The van der Waals surface area contributed by atoms with Crippen LogP contribution in [0.5, 0.6) is 0 Å². The zero-order chi connectivity index (χ0) is 8.81. The van der Waals surface area contributed by atoms with Gasteiger partial charge in [-0.3, -0.25) is 0 Å². The number of thioether (sulfide) groups is 1. The molecule has 0 amide bonds. The molecule has 12 heavy (non-hydrogen) atoms. The Morgan fingerprint density at radius 1 is 1.25 bits per heavy atom. The lowest BCUT2D eigenvalue weighted by molar-refractivity contribution is 1.46. The van der Waals surface area contributed by atoms with Crippen LogP contribution in [0.2, 0.25) is 0 Å². The lowest BCUT2D eigenvalue weighted by atomic mass is 10.2. The third-order valence-electron chi connectivity index (χ3n) is 1.46. The van der Waals surface area contributed by atoms with Crippen molar-refractivity contribution in [3.05, 3.63) is 35.4 Å². The van der Waals surface area contributed by atoms with Crippen LogP contribution in [0.25, 0.3) is 0 Å². The van der Waals surface area contributed by atoms with E-state index in [2.05, 4.69) is 49.3 Å². The minimum absolute atomic E-state index is 1.05. The predicted octanol–water partition coefficient (Wildman–Crippen LogP) is 3.06. The average molecular weight is 176 g/mol. The molecule has 0 unspecified atom stereocenters. The SMILES string of the molecule is CCSC#Cc1ccc(C)cc1. The molecule has 0 bridgehead atoms. The van der Waals surface area contributed by atoms with Crippen molar-refractivity contribution in [2.45, 2.75) is 13.8 Å². The quantitative estimate of drug-likeness (QED) is 0.593. The fourth-order valence-corrected chi connectivity index (χ4v) is 1.14. The molecule has 0 fully saturated rings. The van der Waals surface area contributed by atoms with E-state index < -0.39 is 0 Å². The van der Waals surface area contributed by atoms with E-state index in [1.165, 1.54) is 5.56 Å². The van der Waals surface area contributed by atoms with Gasteiger partial charge in [-0.1, -0.05) is 42.3 Å². The van der Waals surface area contributed by atoms with Crippen LogP contribution in [-0.2, 0) is 0 Å². The van der Waals surface area contributed by atoms with Gasteiger partial charge >= 0.3 is 0 Å². The molecule has 1 aromatic rings. The van der Waals surface area contributed by atoms with Crippen molar-refractivity contribution in [3.63, 3.8) is 0 Å². The van der Waals surface area contributed by atoms with Gasteiger partial charge in [-0.25, -0.2) is 0 Å². The van der Waals surface area contributed by atoms with Crippen LogP contribution in [0, 0.1) is 18.1 Å². The van der Waals surface area contributed by atoms with Crippen molar-refractivity contribution in [2.75, 3.05) is 5.75 Å². The number of benzene rings is 1. The lowest BCUT2D eigenvalue weighted by Gasteiger charge is -1.90. The van der Waals surface area contributed by atoms with Crippen LogP contribution in [0.4, 0.5) is 0 Å². The Bertz CT molecular complexity index is 287. The Labute approximate surface area is 78.4 Å². The summed E-state index contributed by atoms with van der Waals surface area (Å²) in [4.78, 5) is 0. The van der Waals surface area contributed by atoms with Gasteiger partial charge in [0.15, 0.2) is 0 Å². The Balaban J connectivity index is 2.66. The fraction of sp³-hybridized carbons (Fsp3) is 0.273. The Kier molecular flexibility index (Phi) is 3.76. The van der Waals surface area contributed by atoms with Gasteiger partial charge in [-0.15, -0.1) is 0 Å². The van der Waals surface area contributed by atoms with Gasteiger partial charge in [-0.05, 0) is 24.3 Å². The molecule has 0 spiro atoms. The zero-order valence-electron chi connectivity index (χ0n) is 7.42. The highest BCUT2D eigenvalue weighted by molar-refractivity contribution is 8.03. The molecule has 0 saturated carbocycles. The van der Waals surface area contributed by atoms with Gasteiger partial charge in [0.05, 0.1) is 0 Å². The topological polar surface area (TPSA) is 0 Å². The lowest BCUT2D eigenvalue weighted by Crippen LogP contribution is -1.74. The van der Waals surface area contributed by atoms with E-state index in [1.54, 1.807) is 11.8 Å². The van der Waals surface area contributed by atoms with Crippen molar-refractivity contribution < 1.29 is 0 Å². The highest BCUT2D eigenvalue weighted by atomic mass is 32.2. The zero-order valence-corrected chi connectivity index (χ0v) is 8.24. The summed E-state index contributed by atoms with van der Waals surface area (Å²) in [7, 11) is 0. The minimum atomic E-state index is 1.05. The first kappa shape index (κ1) is 9.22. The summed E-state index contributed by atoms with van der Waals surface area (Å²) in [6.07, 6.45) is 0. The normalized spacial score (nSPS) is 8.83. The van der Waals surface area contributed by atoms with Crippen molar-refractivity contribution >= 4 is 11.8 Å². The summed E-state index contributed by atoms with van der Waals surface area (Å²) < 4.78 is 0. The number of hydrogen-bond donors (Lipinski definition) is 0. The molecule has 0 nitrogen and oxygen atoms in total. The van der Waals surface area contributed by atoms with Gasteiger partial charge in [0.1, 0.15) is 0 Å². The Morgan fingerprint density at radius 3 is 2.50 bits per heavy atom. The molecule has 0 atom stereocenters. The molecule has 0 aromatic heterocycles. The van der Waals surface area contributed by atoms with Gasteiger partial charge < -0.3 is 0 Å². The largest absolute Gasteiger partial charge is 0.0750 e. The van der Waals surface area contributed by atoms with Crippen LogP contribution in [0.1, 0.15) is 18.1 Å². The molecule has 0 heterocycles. The maximum absolute atomic E-state index is 3.09. The molecule has 62 valence electrons. The molecule has 0 aliphatic rings. The monoisotopic (exact) mass is 176 g/mol. The second kappa shape index (κ2) is 4.90. The molecule has 1 heteroatoms. The first-order chi connectivity index (χ1) is 5.83.